The van der Waals surface area contributed by atoms with Gasteiger partial charge in [-0.25, -0.2) is 0 Å². The van der Waals surface area contributed by atoms with Crippen LogP contribution in [-0.4, -0.2) is 64.3 Å². The Balaban J connectivity index is 0.00000529. The third-order valence-corrected chi connectivity index (χ3v) is 4.85. The van der Waals surface area contributed by atoms with Crippen molar-refractivity contribution in [2.24, 2.45) is 10.4 Å². The largest absolute Gasteiger partial charge is 0.385 e. The first kappa shape index (κ1) is 23.9. The molecule has 0 aromatic carbocycles. The van der Waals surface area contributed by atoms with E-state index in [-0.39, 0.29) is 24.0 Å². The minimum absolute atomic E-state index is 0. The molecule has 24 heavy (non-hydrogen) atoms. The van der Waals surface area contributed by atoms with Gasteiger partial charge in [-0.2, -0.15) is 0 Å². The van der Waals surface area contributed by atoms with E-state index in [0.717, 1.165) is 45.2 Å². The fourth-order valence-electron chi connectivity index (χ4n) is 2.98. The van der Waals surface area contributed by atoms with E-state index in [1.54, 1.807) is 7.11 Å². The number of methoxy groups -OCH3 is 1. The molecular formula is C18H39IN4O. The number of halogens is 1. The number of guanidine groups is 1. The third-order valence-electron chi connectivity index (χ3n) is 4.85. The molecular weight excluding hydrogens is 415 g/mol. The van der Waals surface area contributed by atoms with Gasteiger partial charge in [0.1, 0.15) is 0 Å². The molecule has 5 nitrogen and oxygen atoms in total. The first-order valence-corrected chi connectivity index (χ1v) is 9.35. The second-order valence-corrected chi connectivity index (χ2v) is 6.88. The zero-order chi connectivity index (χ0) is 17.0. The maximum absolute atomic E-state index is 5.27. The van der Waals surface area contributed by atoms with E-state index in [4.69, 9.17) is 9.73 Å². The summed E-state index contributed by atoms with van der Waals surface area (Å²) in [6, 6.07) is 0. The molecule has 1 aliphatic carbocycles. The Labute approximate surface area is 166 Å². The van der Waals surface area contributed by atoms with Gasteiger partial charge in [-0.05, 0) is 51.6 Å². The molecule has 6 heteroatoms. The van der Waals surface area contributed by atoms with E-state index in [9.17, 15) is 0 Å². The summed E-state index contributed by atoms with van der Waals surface area (Å²) in [4.78, 5) is 7.22. The summed E-state index contributed by atoms with van der Waals surface area (Å²) in [6.45, 7) is 10.2. The molecule has 0 aliphatic heterocycles. The van der Waals surface area contributed by atoms with Crippen molar-refractivity contribution in [2.45, 2.75) is 52.4 Å². The van der Waals surface area contributed by atoms with E-state index < -0.39 is 0 Å². The average molecular weight is 454 g/mol. The topological polar surface area (TPSA) is 48.9 Å². The van der Waals surface area contributed by atoms with Crippen LogP contribution in [0.5, 0.6) is 0 Å². The van der Waals surface area contributed by atoms with Crippen LogP contribution in [-0.2, 0) is 4.74 Å². The van der Waals surface area contributed by atoms with Crippen LogP contribution in [0.15, 0.2) is 4.99 Å². The Morgan fingerprint density at radius 1 is 1.21 bits per heavy atom. The number of likely N-dealkylation sites (N-methyl/N-ethyl adjacent to an activating group) is 1. The number of rotatable bonds is 12. The van der Waals surface area contributed by atoms with Crippen LogP contribution < -0.4 is 10.6 Å². The maximum atomic E-state index is 5.27. The first-order valence-electron chi connectivity index (χ1n) is 9.35. The van der Waals surface area contributed by atoms with E-state index in [1.807, 2.05) is 0 Å². The van der Waals surface area contributed by atoms with Crippen LogP contribution in [0.1, 0.15) is 52.4 Å². The van der Waals surface area contributed by atoms with E-state index >= 15 is 0 Å². The van der Waals surface area contributed by atoms with Crippen LogP contribution in [0.3, 0.4) is 0 Å². The highest BCUT2D eigenvalue weighted by Crippen LogP contribution is 2.44. The molecule has 0 amide bonds. The number of nitrogens with one attached hydrogen (secondary N) is 2. The van der Waals surface area contributed by atoms with Gasteiger partial charge >= 0.3 is 0 Å². The zero-order valence-electron chi connectivity index (χ0n) is 16.2. The van der Waals surface area contributed by atoms with Gasteiger partial charge in [0, 0.05) is 39.9 Å². The minimum Gasteiger partial charge on any atom is -0.385 e. The van der Waals surface area contributed by atoms with Crippen molar-refractivity contribution in [2.75, 3.05) is 53.5 Å². The predicted octanol–water partition coefficient (Wildman–Crippen LogP) is 3.10. The minimum atomic E-state index is 0. The van der Waals surface area contributed by atoms with Gasteiger partial charge in [0.25, 0.3) is 0 Å². The van der Waals surface area contributed by atoms with Crippen molar-refractivity contribution in [3.63, 3.8) is 0 Å². The van der Waals surface area contributed by atoms with Crippen LogP contribution in [0, 0.1) is 5.41 Å². The quantitative estimate of drug-likeness (QED) is 0.270. The highest BCUT2D eigenvalue weighted by Gasteiger charge is 2.36. The van der Waals surface area contributed by atoms with Crippen molar-refractivity contribution >= 4 is 29.9 Å². The molecule has 0 unspecified atom stereocenters. The Kier molecular flexibility index (Phi) is 14.1. The molecule has 1 rings (SSSR count). The second kappa shape index (κ2) is 14.1. The standard InChI is InChI=1S/C18H38N4O.HI/c1-5-7-13-22(3)14-12-20-17(19-6-2)21-16-18(9-8-10-18)11-15-23-4;/h5-16H2,1-4H3,(H2,19,20,21);1H. The third kappa shape index (κ3) is 9.42. The number of nitrogens with zero attached hydrogens (tertiary/aromatic N) is 2. The molecule has 1 saturated carbocycles. The normalized spacial score (nSPS) is 16.5. The van der Waals surface area contributed by atoms with Gasteiger partial charge in [0.2, 0.25) is 0 Å². The van der Waals surface area contributed by atoms with Crippen molar-refractivity contribution in [1.29, 1.82) is 0 Å². The molecule has 0 aromatic heterocycles. The number of aliphatic imine (C=N–C) groups is 1. The molecule has 0 aromatic rings. The number of unbranched alkanes of at least 4 members (excludes halogenated alkanes) is 1. The fourth-order valence-corrected chi connectivity index (χ4v) is 2.98. The van der Waals surface area contributed by atoms with Crippen molar-refractivity contribution in [1.82, 2.24) is 15.5 Å². The summed E-state index contributed by atoms with van der Waals surface area (Å²) in [5, 5.41) is 6.84. The number of ether oxygens (including phenoxy) is 1. The molecule has 0 bridgehead atoms. The summed E-state index contributed by atoms with van der Waals surface area (Å²) in [5.41, 5.74) is 0.385. The summed E-state index contributed by atoms with van der Waals surface area (Å²) < 4.78 is 5.27. The van der Waals surface area contributed by atoms with Gasteiger partial charge in [-0.3, -0.25) is 4.99 Å². The molecule has 0 heterocycles. The molecule has 1 fully saturated rings. The Hall–Kier alpha value is -0.0800. The first-order chi connectivity index (χ1) is 11.2. The van der Waals surface area contributed by atoms with E-state index in [0.29, 0.717) is 5.41 Å². The van der Waals surface area contributed by atoms with Crippen LogP contribution in [0.4, 0.5) is 0 Å². The monoisotopic (exact) mass is 454 g/mol. The fraction of sp³-hybridized carbons (Fsp3) is 0.944. The van der Waals surface area contributed by atoms with E-state index in [2.05, 4.69) is 36.4 Å². The van der Waals surface area contributed by atoms with Gasteiger partial charge in [-0.15, -0.1) is 24.0 Å². The van der Waals surface area contributed by atoms with E-state index in [1.165, 1.54) is 38.6 Å². The van der Waals surface area contributed by atoms with Crippen LogP contribution in [0.2, 0.25) is 0 Å². The van der Waals surface area contributed by atoms with Gasteiger partial charge in [-0.1, -0.05) is 19.8 Å². The Bertz CT molecular complexity index is 335. The molecule has 144 valence electrons. The second-order valence-electron chi connectivity index (χ2n) is 6.88. The van der Waals surface area contributed by atoms with Gasteiger partial charge in [0.05, 0.1) is 0 Å². The summed E-state index contributed by atoms with van der Waals surface area (Å²) in [7, 11) is 3.98. The summed E-state index contributed by atoms with van der Waals surface area (Å²) in [6.07, 6.45) is 7.58. The lowest BCUT2D eigenvalue weighted by Gasteiger charge is -2.40. The molecule has 2 N–H and O–H groups in total. The molecule has 0 atom stereocenters. The van der Waals surface area contributed by atoms with Crippen molar-refractivity contribution < 1.29 is 4.74 Å². The summed E-state index contributed by atoms with van der Waals surface area (Å²) in [5.74, 6) is 0.958. The summed E-state index contributed by atoms with van der Waals surface area (Å²) >= 11 is 0. The lowest BCUT2D eigenvalue weighted by Crippen LogP contribution is -2.42. The molecule has 0 radical (unpaired) electrons. The number of hydrogen-bond donors (Lipinski definition) is 2. The molecule has 0 spiro atoms. The Morgan fingerprint density at radius 3 is 2.50 bits per heavy atom. The van der Waals surface area contributed by atoms with Gasteiger partial charge in [0.15, 0.2) is 5.96 Å². The van der Waals surface area contributed by atoms with Crippen molar-refractivity contribution in [3.05, 3.63) is 0 Å². The Morgan fingerprint density at radius 2 is 1.96 bits per heavy atom. The smallest absolute Gasteiger partial charge is 0.191 e. The van der Waals surface area contributed by atoms with Gasteiger partial charge < -0.3 is 20.3 Å². The van der Waals surface area contributed by atoms with Crippen molar-refractivity contribution in [3.8, 4) is 0 Å². The maximum Gasteiger partial charge on any atom is 0.191 e. The predicted molar refractivity (Wildman–Crippen MR) is 115 cm³/mol. The zero-order valence-corrected chi connectivity index (χ0v) is 18.5. The lowest BCUT2D eigenvalue weighted by molar-refractivity contribution is 0.0778. The molecule has 0 saturated heterocycles. The average Bonchev–Trinajstić information content (AvgIpc) is 2.51. The van der Waals surface area contributed by atoms with Crippen LogP contribution in [0.25, 0.3) is 0 Å². The SMILES string of the molecule is CCCCN(C)CCNC(=NCC1(CCOC)CCC1)NCC.I. The van der Waals surface area contributed by atoms with Crippen LogP contribution >= 0.6 is 24.0 Å². The molecule has 1 aliphatic rings. The lowest BCUT2D eigenvalue weighted by atomic mass is 9.67. The highest BCUT2D eigenvalue weighted by atomic mass is 127. The number of hydrogen-bond acceptors (Lipinski definition) is 3. The highest BCUT2D eigenvalue weighted by molar-refractivity contribution is 14.0.